The summed E-state index contributed by atoms with van der Waals surface area (Å²) in [6.45, 7) is 2.69. The number of amides is 1. The van der Waals surface area contributed by atoms with Crippen LogP contribution in [0.3, 0.4) is 0 Å². The molecule has 2 atom stereocenters. The van der Waals surface area contributed by atoms with Crippen molar-refractivity contribution in [1.82, 2.24) is 10.2 Å². The zero-order valence-corrected chi connectivity index (χ0v) is 11.4. The summed E-state index contributed by atoms with van der Waals surface area (Å²) in [5.41, 5.74) is 0.706. The predicted octanol–water partition coefficient (Wildman–Crippen LogP) is 1.47. The smallest absolute Gasteiger partial charge is 0.237 e. The molecule has 0 bridgehead atoms. The van der Waals surface area contributed by atoms with Crippen LogP contribution in [0.15, 0.2) is 30.3 Å². The van der Waals surface area contributed by atoms with Crippen LogP contribution < -0.4 is 5.32 Å². The van der Waals surface area contributed by atoms with Crippen molar-refractivity contribution >= 4 is 11.7 Å². The summed E-state index contributed by atoms with van der Waals surface area (Å²) in [5, 5.41) is 2.68. The molecule has 0 aliphatic carbocycles. The third kappa shape index (κ3) is 2.84. The Bertz CT molecular complexity index is 458. The monoisotopic (exact) mass is 260 g/mol. The number of rotatable bonds is 4. The van der Waals surface area contributed by atoms with Crippen molar-refractivity contribution in [3.63, 3.8) is 0 Å². The summed E-state index contributed by atoms with van der Waals surface area (Å²) >= 11 is 0. The number of hydrogen-bond acceptors (Lipinski definition) is 3. The van der Waals surface area contributed by atoms with Gasteiger partial charge >= 0.3 is 0 Å². The van der Waals surface area contributed by atoms with E-state index >= 15 is 0 Å². The summed E-state index contributed by atoms with van der Waals surface area (Å²) in [5.74, 6) is 0.0848. The van der Waals surface area contributed by atoms with Crippen molar-refractivity contribution in [3.8, 4) is 0 Å². The molecule has 2 rings (SSSR count). The average molecular weight is 260 g/mol. The van der Waals surface area contributed by atoms with E-state index in [1.807, 2.05) is 42.2 Å². The van der Waals surface area contributed by atoms with E-state index in [0.717, 1.165) is 19.4 Å². The lowest BCUT2D eigenvalue weighted by Crippen LogP contribution is -2.48. The van der Waals surface area contributed by atoms with Crippen LogP contribution in [0.1, 0.15) is 30.1 Å². The van der Waals surface area contributed by atoms with E-state index in [1.165, 1.54) is 0 Å². The van der Waals surface area contributed by atoms with E-state index in [2.05, 4.69) is 5.32 Å². The minimum absolute atomic E-state index is 0.00483. The fourth-order valence-electron chi connectivity index (χ4n) is 2.69. The van der Waals surface area contributed by atoms with Crippen LogP contribution in [0.4, 0.5) is 0 Å². The Balaban J connectivity index is 2.13. The van der Waals surface area contributed by atoms with Crippen molar-refractivity contribution in [3.05, 3.63) is 35.9 Å². The second-order valence-electron chi connectivity index (χ2n) is 4.92. The molecule has 1 fully saturated rings. The number of nitrogens with zero attached hydrogens (tertiary/aromatic N) is 1. The van der Waals surface area contributed by atoms with E-state index in [9.17, 15) is 9.59 Å². The fourth-order valence-corrected chi connectivity index (χ4v) is 2.69. The van der Waals surface area contributed by atoms with Crippen molar-refractivity contribution in [2.45, 2.75) is 31.8 Å². The topological polar surface area (TPSA) is 49.4 Å². The molecule has 1 saturated heterocycles. The Morgan fingerprint density at radius 1 is 1.32 bits per heavy atom. The second-order valence-corrected chi connectivity index (χ2v) is 4.92. The maximum absolute atomic E-state index is 12.4. The van der Waals surface area contributed by atoms with Crippen LogP contribution in [0.2, 0.25) is 0 Å². The molecule has 102 valence electrons. The molecule has 1 heterocycles. The second kappa shape index (κ2) is 5.97. The molecule has 1 aliphatic rings. The number of benzene rings is 1. The summed E-state index contributed by atoms with van der Waals surface area (Å²) in [4.78, 5) is 26.2. The Hall–Kier alpha value is -1.68. The van der Waals surface area contributed by atoms with Crippen LogP contribution >= 0.6 is 0 Å². The highest BCUT2D eigenvalue weighted by molar-refractivity contribution is 6.00. The number of Topliss-reactive ketones (excluding diaryl/α,β-unsaturated/α-hetero) is 1. The van der Waals surface area contributed by atoms with Gasteiger partial charge in [-0.2, -0.15) is 0 Å². The molecule has 1 aromatic rings. The minimum Gasteiger partial charge on any atom is -0.358 e. The van der Waals surface area contributed by atoms with E-state index in [4.69, 9.17) is 0 Å². The van der Waals surface area contributed by atoms with E-state index < -0.39 is 0 Å². The molecular formula is C15H20N2O2. The maximum Gasteiger partial charge on any atom is 0.237 e. The van der Waals surface area contributed by atoms with Crippen LogP contribution in [0.5, 0.6) is 0 Å². The first-order chi connectivity index (χ1) is 9.15. The van der Waals surface area contributed by atoms with Crippen LogP contribution in [0.25, 0.3) is 0 Å². The molecule has 1 N–H and O–H groups in total. The number of carbonyl (C=O) groups excluding carboxylic acids is 2. The molecule has 1 aromatic carbocycles. The Labute approximate surface area is 113 Å². The van der Waals surface area contributed by atoms with Gasteiger partial charge in [-0.15, -0.1) is 0 Å². The summed E-state index contributed by atoms with van der Waals surface area (Å²) in [6, 6.07) is 8.83. The zero-order chi connectivity index (χ0) is 13.8. The summed E-state index contributed by atoms with van der Waals surface area (Å²) < 4.78 is 0. The molecule has 0 spiro atoms. The first-order valence-corrected chi connectivity index (χ1v) is 6.71. The zero-order valence-electron chi connectivity index (χ0n) is 11.4. The quantitative estimate of drug-likeness (QED) is 0.834. The lowest BCUT2D eigenvalue weighted by Gasteiger charge is -2.28. The van der Waals surface area contributed by atoms with E-state index in [-0.39, 0.29) is 23.8 Å². The summed E-state index contributed by atoms with van der Waals surface area (Å²) in [7, 11) is 1.64. The van der Waals surface area contributed by atoms with Crippen molar-refractivity contribution in [2.24, 2.45) is 0 Å². The van der Waals surface area contributed by atoms with Gasteiger partial charge in [0.15, 0.2) is 5.78 Å². The average Bonchev–Trinajstić information content (AvgIpc) is 2.95. The molecule has 2 unspecified atom stereocenters. The Kier molecular flexibility index (Phi) is 4.32. The van der Waals surface area contributed by atoms with Crippen LogP contribution in [-0.4, -0.2) is 42.3 Å². The molecule has 4 nitrogen and oxygen atoms in total. The van der Waals surface area contributed by atoms with Gasteiger partial charge in [0.1, 0.15) is 0 Å². The fraction of sp³-hybridized carbons (Fsp3) is 0.467. The Morgan fingerprint density at radius 2 is 2.00 bits per heavy atom. The van der Waals surface area contributed by atoms with Crippen molar-refractivity contribution < 1.29 is 9.59 Å². The highest BCUT2D eigenvalue weighted by Crippen LogP contribution is 2.22. The van der Waals surface area contributed by atoms with Crippen LogP contribution in [-0.2, 0) is 4.79 Å². The van der Waals surface area contributed by atoms with Gasteiger partial charge in [0.25, 0.3) is 0 Å². The van der Waals surface area contributed by atoms with Gasteiger partial charge in [-0.1, -0.05) is 30.3 Å². The molecule has 4 heteroatoms. The number of ketones is 1. The normalized spacial score (nSPS) is 21.1. The highest BCUT2D eigenvalue weighted by Gasteiger charge is 2.35. The lowest BCUT2D eigenvalue weighted by molar-refractivity contribution is -0.125. The predicted molar refractivity (Wildman–Crippen MR) is 74.0 cm³/mol. The first kappa shape index (κ1) is 13.7. The third-order valence-corrected chi connectivity index (χ3v) is 3.78. The third-order valence-electron chi connectivity index (χ3n) is 3.78. The molecule has 1 amide bonds. The molecule has 0 radical (unpaired) electrons. The summed E-state index contributed by atoms with van der Waals surface area (Å²) in [6.07, 6.45) is 1.79. The lowest BCUT2D eigenvalue weighted by atomic mass is 10.0. The number of likely N-dealkylation sites (tertiary alicyclic amines) is 1. The van der Waals surface area contributed by atoms with Gasteiger partial charge in [-0.05, 0) is 26.3 Å². The molecule has 0 saturated carbocycles. The maximum atomic E-state index is 12.4. The van der Waals surface area contributed by atoms with Crippen LogP contribution in [0, 0.1) is 0 Å². The molecule has 19 heavy (non-hydrogen) atoms. The molecular weight excluding hydrogens is 240 g/mol. The van der Waals surface area contributed by atoms with Gasteiger partial charge in [0, 0.05) is 12.6 Å². The van der Waals surface area contributed by atoms with Gasteiger partial charge < -0.3 is 5.32 Å². The number of likely N-dealkylation sites (N-methyl/N-ethyl adjacent to an activating group) is 1. The van der Waals surface area contributed by atoms with E-state index in [1.54, 1.807) is 7.05 Å². The number of nitrogens with one attached hydrogen (secondary N) is 1. The minimum atomic E-state index is -0.257. The van der Waals surface area contributed by atoms with Gasteiger partial charge in [-0.3, -0.25) is 14.5 Å². The number of hydrogen-bond donors (Lipinski definition) is 1. The highest BCUT2D eigenvalue weighted by atomic mass is 16.2. The SMILES string of the molecule is CNC(=O)C1CCCN1C(C)C(=O)c1ccccc1. The number of carbonyl (C=O) groups is 2. The van der Waals surface area contributed by atoms with Gasteiger partial charge in [-0.25, -0.2) is 0 Å². The van der Waals surface area contributed by atoms with Gasteiger partial charge in [0.05, 0.1) is 12.1 Å². The largest absolute Gasteiger partial charge is 0.358 e. The first-order valence-electron chi connectivity index (χ1n) is 6.71. The van der Waals surface area contributed by atoms with Crippen molar-refractivity contribution in [2.75, 3.05) is 13.6 Å². The van der Waals surface area contributed by atoms with E-state index in [0.29, 0.717) is 5.56 Å². The molecule has 0 aromatic heterocycles. The van der Waals surface area contributed by atoms with Gasteiger partial charge in [0.2, 0.25) is 5.91 Å². The standard InChI is InChI=1S/C15H20N2O2/c1-11(14(18)12-7-4-3-5-8-12)17-10-6-9-13(17)15(19)16-2/h3-5,7-8,11,13H,6,9-10H2,1-2H3,(H,16,19). The molecule has 1 aliphatic heterocycles. The Morgan fingerprint density at radius 3 is 2.63 bits per heavy atom. The van der Waals surface area contributed by atoms with Crippen molar-refractivity contribution in [1.29, 1.82) is 0 Å².